The molecule has 0 rings (SSSR count). The Morgan fingerprint density at radius 1 is 1.15 bits per heavy atom. The molecule has 6 heteroatoms. The molecule has 0 aliphatic rings. The zero-order chi connectivity index (χ0) is 10.6. The first-order valence-electron chi connectivity index (χ1n) is 3.75. The summed E-state index contributed by atoms with van der Waals surface area (Å²) in [4.78, 5) is 10.5. The van der Waals surface area contributed by atoms with Crippen LogP contribution >= 0.6 is 0 Å². The van der Waals surface area contributed by atoms with Crippen molar-refractivity contribution in [3.63, 3.8) is 0 Å². The highest BCUT2D eigenvalue weighted by atomic mass is 16.4. The maximum atomic E-state index is 10.5. The van der Waals surface area contributed by atoms with Crippen LogP contribution in [0, 0.1) is 0 Å². The minimum Gasteiger partial charge on any atom is -0.394 e. The largest absolute Gasteiger partial charge is 0.394 e. The number of aliphatic hydroxyl groups is 5. The number of Topliss-reactive ketones (excluding diaryl/α,β-unsaturated/α-hetero) is 1. The van der Waals surface area contributed by atoms with Crippen LogP contribution in [0.15, 0.2) is 0 Å². The minimum atomic E-state index is -1.79. The van der Waals surface area contributed by atoms with Gasteiger partial charge in [-0.3, -0.25) is 4.79 Å². The highest BCUT2D eigenvalue weighted by molar-refractivity contribution is 5.80. The summed E-state index contributed by atoms with van der Waals surface area (Å²) < 4.78 is 0. The van der Waals surface area contributed by atoms with E-state index >= 15 is 0 Å². The molecule has 0 heterocycles. The van der Waals surface area contributed by atoms with Gasteiger partial charge in [0.1, 0.15) is 24.4 Å². The van der Waals surface area contributed by atoms with Gasteiger partial charge in [-0.05, 0) is 6.92 Å². The van der Waals surface area contributed by atoms with Crippen LogP contribution in [0.2, 0.25) is 0 Å². The lowest BCUT2D eigenvalue weighted by molar-refractivity contribution is -0.145. The lowest BCUT2D eigenvalue weighted by Crippen LogP contribution is -2.48. The van der Waals surface area contributed by atoms with E-state index in [2.05, 4.69) is 0 Å². The zero-order valence-electron chi connectivity index (χ0n) is 7.16. The molecule has 0 aliphatic carbocycles. The van der Waals surface area contributed by atoms with Crippen LogP contribution in [0.25, 0.3) is 0 Å². The van der Waals surface area contributed by atoms with E-state index in [9.17, 15) is 4.79 Å². The van der Waals surface area contributed by atoms with Crippen LogP contribution in [0.5, 0.6) is 0 Å². The van der Waals surface area contributed by atoms with E-state index in [1.807, 2.05) is 0 Å². The van der Waals surface area contributed by atoms with Crippen LogP contribution in [0.3, 0.4) is 0 Å². The Balaban J connectivity index is 4.24. The molecule has 78 valence electrons. The van der Waals surface area contributed by atoms with Crippen molar-refractivity contribution in [1.29, 1.82) is 0 Å². The molecule has 0 bridgehead atoms. The van der Waals surface area contributed by atoms with Gasteiger partial charge in [-0.15, -0.1) is 0 Å². The summed E-state index contributed by atoms with van der Waals surface area (Å²) in [5.41, 5.74) is 0. The monoisotopic (exact) mass is 194 g/mol. The Hall–Kier alpha value is -0.530. The van der Waals surface area contributed by atoms with E-state index in [-0.39, 0.29) is 0 Å². The predicted octanol–water partition coefficient (Wildman–Crippen LogP) is -2.99. The summed E-state index contributed by atoms with van der Waals surface area (Å²) in [5, 5.41) is 44.3. The number of rotatable bonds is 5. The standard InChI is InChI=1S/C7H14O6/c1-3(9)5(11)7(13)6(12)4(10)2-8/h4-8,10-13H,2H2,1H3/t4-,5-,6+,7-/m1/s1. The summed E-state index contributed by atoms with van der Waals surface area (Å²) in [5.74, 6) is -0.725. The fraction of sp³-hybridized carbons (Fsp3) is 0.857. The van der Waals surface area contributed by atoms with Crippen LogP contribution in [0.1, 0.15) is 6.92 Å². The summed E-state index contributed by atoms with van der Waals surface area (Å²) >= 11 is 0. The van der Waals surface area contributed by atoms with Crippen LogP contribution < -0.4 is 0 Å². The number of hydrogen-bond donors (Lipinski definition) is 5. The van der Waals surface area contributed by atoms with Gasteiger partial charge in [-0.25, -0.2) is 0 Å². The Bertz CT molecular complexity index is 170. The van der Waals surface area contributed by atoms with E-state index in [1.54, 1.807) is 0 Å². The average Bonchev–Trinajstić information content (AvgIpc) is 2.12. The van der Waals surface area contributed by atoms with Crippen molar-refractivity contribution < 1.29 is 30.3 Å². The summed E-state index contributed by atoms with van der Waals surface area (Å²) in [6.07, 6.45) is -6.87. The van der Waals surface area contributed by atoms with Gasteiger partial charge in [0.2, 0.25) is 0 Å². The number of carbonyl (C=O) groups excluding carboxylic acids is 1. The second-order valence-electron chi connectivity index (χ2n) is 2.79. The lowest BCUT2D eigenvalue weighted by Gasteiger charge is -2.23. The average molecular weight is 194 g/mol. The van der Waals surface area contributed by atoms with Gasteiger partial charge in [0.15, 0.2) is 5.78 Å². The van der Waals surface area contributed by atoms with Crippen molar-refractivity contribution >= 4 is 5.78 Å². The normalized spacial score (nSPS) is 20.5. The maximum absolute atomic E-state index is 10.5. The third-order valence-corrected chi connectivity index (χ3v) is 1.67. The highest BCUT2D eigenvalue weighted by Crippen LogP contribution is 2.05. The summed E-state index contributed by atoms with van der Waals surface area (Å²) in [7, 11) is 0. The number of aliphatic hydroxyl groups excluding tert-OH is 5. The molecule has 0 aromatic carbocycles. The van der Waals surface area contributed by atoms with Gasteiger partial charge >= 0.3 is 0 Å². The van der Waals surface area contributed by atoms with Gasteiger partial charge in [0.25, 0.3) is 0 Å². The van der Waals surface area contributed by atoms with Gasteiger partial charge in [0.05, 0.1) is 6.61 Å². The summed E-state index contributed by atoms with van der Waals surface area (Å²) in [6.45, 7) is 0.273. The predicted molar refractivity (Wildman–Crippen MR) is 41.8 cm³/mol. The van der Waals surface area contributed by atoms with Gasteiger partial charge < -0.3 is 25.5 Å². The Morgan fingerprint density at radius 2 is 1.62 bits per heavy atom. The first-order chi connectivity index (χ1) is 5.91. The molecule has 0 amide bonds. The van der Waals surface area contributed by atoms with Crippen LogP contribution in [-0.2, 0) is 4.79 Å². The maximum Gasteiger partial charge on any atom is 0.160 e. The number of hydrogen-bond acceptors (Lipinski definition) is 6. The van der Waals surface area contributed by atoms with E-state index in [4.69, 9.17) is 25.5 Å². The lowest BCUT2D eigenvalue weighted by atomic mass is 10.0. The zero-order valence-corrected chi connectivity index (χ0v) is 7.16. The summed E-state index contributed by atoms with van der Waals surface area (Å²) in [6, 6.07) is 0. The number of ketones is 1. The fourth-order valence-corrected chi connectivity index (χ4v) is 0.763. The molecule has 0 saturated heterocycles. The first-order valence-corrected chi connectivity index (χ1v) is 3.75. The van der Waals surface area contributed by atoms with Gasteiger partial charge in [-0.1, -0.05) is 0 Å². The van der Waals surface area contributed by atoms with Crippen molar-refractivity contribution in [3.8, 4) is 0 Å². The molecular formula is C7H14O6. The van der Waals surface area contributed by atoms with Crippen molar-refractivity contribution in [3.05, 3.63) is 0 Å². The molecule has 0 fully saturated rings. The van der Waals surface area contributed by atoms with E-state index in [1.165, 1.54) is 0 Å². The van der Waals surface area contributed by atoms with Crippen molar-refractivity contribution in [2.24, 2.45) is 0 Å². The Kier molecular flexibility index (Phi) is 5.04. The van der Waals surface area contributed by atoms with Gasteiger partial charge in [-0.2, -0.15) is 0 Å². The Morgan fingerprint density at radius 3 is 1.92 bits per heavy atom. The molecule has 0 aromatic rings. The SMILES string of the molecule is CC(=O)[C@@H](O)[C@@H](O)[C@@H](O)[C@H](O)CO. The van der Waals surface area contributed by atoms with Gasteiger partial charge in [0, 0.05) is 0 Å². The van der Waals surface area contributed by atoms with E-state index in [0.29, 0.717) is 0 Å². The molecule has 0 saturated carbocycles. The van der Waals surface area contributed by atoms with Crippen LogP contribution in [-0.4, -0.2) is 62.3 Å². The highest BCUT2D eigenvalue weighted by Gasteiger charge is 2.32. The molecule has 0 unspecified atom stereocenters. The smallest absolute Gasteiger partial charge is 0.160 e. The quantitative estimate of drug-likeness (QED) is 0.318. The second-order valence-corrected chi connectivity index (χ2v) is 2.79. The van der Waals surface area contributed by atoms with Crippen LogP contribution in [0.4, 0.5) is 0 Å². The first kappa shape index (κ1) is 12.5. The number of carbonyl (C=O) groups is 1. The van der Waals surface area contributed by atoms with E-state index in [0.717, 1.165) is 6.92 Å². The minimum absolute atomic E-state index is 0.725. The van der Waals surface area contributed by atoms with Crippen molar-refractivity contribution in [1.82, 2.24) is 0 Å². The third-order valence-electron chi connectivity index (χ3n) is 1.67. The second kappa shape index (κ2) is 5.25. The molecule has 0 spiro atoms. The molecule has 13 heavy (non-hydrogen) atoms. The third kappa shape index (κ3) is 3.37. The fourth-order valence-electron chi connectivity index (χ4n) is 0.763. The molecule has 4 atom stereocenters. The molecule has 0 radical (unpaired) electrons. The molecule has 5 N–H and O–H groups in total. The van der Waals surface area contributed by atoms with Crippen molar-refractivity contribution in [2.45, 2.75) is 31.3 Å². The molecule has 6 nitrogen and oxygen atoms in total. The molecule has 0 aromatic heterocycles. The molecular weight excluding hydrogens is 180 g/mol. The topological polar surface area (TPSA) is 118 Å². The Labute approximate surface area is 75.1 Å². The van der Waals surface area contributed by atoms with Crippen molar-refractivity contribution in [2.75, 3.05) is 6.61 Å². The molecule has 0 aliphatic heterocycles. The van der Waals surface area contributed by atoms with E-state index < -0.39 is 36.8 Å².